The summed E-state index contributed by atoms with van der Waals surface area (Å²) in [5.41, 5.74) is 3.64. The Bertz CT molecular complexity index is 1010. The molecule has 1 unspecified atom stereocenters. The Balaban J connectivity index is 1.65. The molecule has 1 fully saturated rings. The van der Waals surface area contributed by atoms with E-state index in [9.17, 15) is 14.7 Å². The zero-order chi connectivity index (χ0) is 19.5. The summed E-state index contributed by atoms with van der Waals surface area (Å²) >= 11 is 0. The maximum absolute atomic E-state index is 12.0. The van der Waals surface area contributed by atoms with Gasteiger partial charge in [-0.1, -0.05) is 42.5 Å². The molecule has 7 nitrogen and oxygen atoms in total. The van der Waals surface area contributed by atoms with Crippen LogP contribution in [0.5, 0.6) is 5.75 Å². The number of benzene rings is 2. The van der Waals surface area contributed by atoms with Crippen LogP contribution in [0.2, 0.25) is 0 Å². The first-order valence-corrected chi connectivity index (χ1v) is 8.94. The molecule has 3 aromatic rings. The van der Waals surface area contributed by atoms with E-state index in [0.717, 1.165) is 22.5 Å². The van der Waals surface area contributed by atoms with Gasteiger partial charge in [0.05, 0.1) is 12.0 Å². The summed E-state index contributed by atoms with van der Waals surface area (Å²) in [4.78, 5) is 27.9. The second-order valence-electron chi connectivity index (χ2n) is 6.69. The molecule has 7 heteroatoms. The summed E-state index contributed by atoms with van der Waals surface area (Å²) in [7, 11) is 0. The third-order valence-electron chi connectivity index (χ3n) is 4.66. The number of hydrogen-bond donors (Lipinski definition) is 2. The van der Waals surface area contributed by atoms with Gasteiger partial charge in [0.15, 0.2) is 6.10 Å². The Kier molecular flexibility index (Phi) is 4.80. The minimum atomic E-state index is -0.873. The first-order valence-electron chi connectivity index (χ1n) is 8.94. The molecule has 0 saturated carbocycles. The van der Waals surface area contributed by atoms with Crippen molar-refractivity contribution >= 4 is 12.0 Å². The molecule has 0 aliphatic carbocycles. The van der Waals surface area contributed by atoms with Crippen LogP contribution in [-0.4, -0.2) is 32.8 Å². The number of cyclic esters (lactones) is 1. The third kappa shape index (κ3) is 3.88. The van der Waals surface area contributed by atoms with Gasteiger partial charge in [0.25, 0.3) is 5.91 Å². The van der Waals surface area contributed by atoms with Crippen LogP contribution in [0.1, 0.15) is 22.5 Å². The molecular formula is C21H19N3O4. The zero-order valence-corrected chi connectivity index (χ0v) is 15.0. The van der Waals surface area contributed by atoms with E-state index in [2.05, 4.69) is 10.3 Å². The van der Waals surface area contributed by atoms with Crippen molar-refractivity contribution in [3.8, 4) is 5.75 Å². The molecule has 2 N–H and O–H groups in total. The number of imidazole rings is 1. The number of nitrogens with zero attached hydrogens (tertiary/aromatic N) is 2. The van der Waals surface area contributed by atoms with E-state index >= 15 is 0 Å². The lowest BCUT2D eigenvalue weighted by molar-refractivity contribution is -0.123. The highest BCUT2D eigenvalue weighted by molar-refractivity contribution is 6.00. The average molecular weight is 377 g/mol. The van der Waals surface area contributed by atoms with Crippen molar-refractivity contribution in [2.24, 2.45) is 0 Å². The molecule has 0 bridgehead atoms. The van der Waals surface area contributed by atoms with Crippen molar-refractivity contribution in [1.82, 2.24) is 14.9 Å². The van der Waals surface area contributed by atoms with Crippen LogP contribution in [0.3, 0.4) is 0 Å². The zero-order valence-electron chi connectivity index (χ0n) is 15.0. The number of amides is 2. The maximum atomic E-state index is 12.0. The number of aromatic hydroxyl groups is 1. The van der Waals surface area contributed by atoms with E-state index in [1.54, 1.807) is 24.5 Å². The Morgan fingerprint density at radius 1 is 1.07 bits per heavy atom. The summed E-state index contributed by atoms with van der Waals surface area (Å²) in [6, 6.07) is 16.9. The first-order chi connectivity index (χ1) is 13.6. The number of alkyl carbamates (subject to hydrolysis) is 1. The fourth-order valence-corrected chi connectivity index (χ4v) is 3.31. The van der Waals surface area contributed by atoms with Gasteiger partial charge >= 0.3 is 6.09 Å². The first kappa shape index (κ1) is 17.8. The predicted molar refractivity (Wildman–Crippen MR) is 101 cm³/mol. The summed E-state index contributed by atoms with van der Waals surface area (Å²) in [6.07, 6.45) is 0.955. The van der Waals surface area contributed by atoms with Crippen LogP contribution in [0.25, 0.3) is 0 Å². The molecule has 1 saturated heterocycles. The molecular weight excluding hydrogens is 358 g/mol. The van der Waals surface area contributed by atoms with Crippen LogP contribution in [0.4, 0.5) is 4.79 Å². The second-order valence-corrected chi connectivity index (χ2v) is 6.69. The van der Waals surface area contributed by atoms with Crippen molar-refractivity contribution in [2.75, 3.05) is 0 Å². The SMILES string of the molecule is O=C1NC(=O)C(Cc2c(Cc3ccccc3)ncn2Cc2cccc(O)c2)O1. The van der Waals surface area contributed by atoms with Gasteiger partial charge in [-0.2, -0.15) is 0 Å². The smallest absolute Gasteiger partial charge is 0.414 e. The van der Waals surface area contributed by atoms with Crippen LogP contribution >= 0.6 is 0 Å². The monoisotopic (exact) mass is 377 g/mol. The average Bonchev–Trinajstić information content (AvgIpc) is 3.19. The van der Waals surface area contributed by atoms with Crippen molar-refractivity contribution < 1.29 is 19.4 Å². The number of aromatic nitrogens is 2. The van der Waals surface area contributed by atoms with Crippen LogP contribution in [-0.2, 0) is 28.9 Å². The van der Waals surface area contributed by atoms with E-state index < -0.39 is 18.1 Å². The van der Waals surface area contributed by atoms with Gasteiger partial charge in [0.1, 0.15) is 5.75 Å². The number of phenols is 1. The van der Waals surface area contributed by atoms with E-state index in [1.807, 2.05) is 41.0 Å². The highest BCUT2D eigenvalue weighted by Gasteiger charge is 2.33. The molecule has 4 rings (SSSR count). The van der Waals surface area contributed by atoms with Crippen molar-refractivity contribution in [3.63, 3.8) is 0 Å². The Morgan fingerprint density at radius 3 is 2.57 bits per heavy atom. The van der Waals surface area contributed by atoms with E-state index in [4.69, 9.17) is 4.74 Å². The summed E-state index contributed by atoms with van der Waals surface area (Å²) in [5.74, 6) is -0.256. The van der Waals surface area contributed by atoms with Crippen LogP contribution in [0.15, 0.2) is 60.9 Å². The van der Waals surface area contributed by atoms with Gasteiger partial charge in [-0.15, -0.1) is 0 Å². The van der Waals surface area contributed by atoms with Gasteiger partial charge in [-0.05, 0) is 23.3 Å². The molecule has 1 aliphatic rings. The minimum absolute atomic E-state index is 0.188. The van der Waals surface area contributed by atoms with Gasteiger partial charge in [-0.3, -0.25) is 10.1 Å². The van der Waals surface area contributed by atoms with E-state index in [-0.39, 0.29) is 12.2 Å². The number of rotatable bonds is 6. The number of phenolic OH excluding ortho intramolecular Hbond substituents is 1. The molecule has 0 spiro atoms. The molecule has 1 aliphatic heterocycles. The summed E-state index contributed by atoms with van der Waals surface area (Å²) in [5, 5.41) is 11.9. The Hall–Kier alpha value is -3.61. The number of hydrogen-bond acceptors (Lipinski definition) is 5. The summed E-state index contributed by atoms with van der Waals surface area (Å²) in [6.45, 7) is 0.480. The number of carbonyl (C=O) groups excluding carboxylic acids is 2. The number of carbonyl (C=O) groups is 2. The van der Waals surface area contributed by atoms with Crippen molar-refractivity contribution in [2.45, 2.75) is 25.5 Å². The maximum Gasteiger partial charge on any atom is 0.414 e. The van der Waals surface area contributed by atoms with Crippen molar-refractivity contribution in [1.29, 1.82) is 0 Å². The molecule has 2 aromatic carbocycles. The molecule has 142 valence electrons. The standard InChI is InChI=1S/C21H19N3O4/c25-16-8-4-7-15(9-16)12-24-13-22-17(10-14-5-2-1-3-6-14)18(24)11-19-20(26)23-21(27)28-19/h1-9,13,19,25H,10-12H2,(H,23,26,27). The normalized spacial score (nSPS) is 16.1. The highest BCUT2D eigenvalue weighted by Crippen LogP contribution is 2.20. The van der Waals surface area contributed by atoms with Crippen LogP contribution < -0.4 is 5.32 Å². The predicted octanol–water partition coefficient (Wildman–Crippen LogP) is 2.41. The van der Waals surface area contributed by atoms with E-state index in [0.29, 0.717) is 13.0 Å². The second kappa shape index (κ2) is 7.56. The fourth-order valence-electron chi connectivity index (χ4n) is 3.31. The third-order valence-corrected chi connectivity index (χ3v) is 4.66. The molecule has 2 heterocycles. The lowest BCUT2D eigenvalue weighted by atomic mass is 10.0. The van der Waals surface area contributed by atoms with Gasteiger partial charge in [-0.25, -0.2) is 9.78 Å². The van der Waals surface area contributed by atoms with Crippen LogP contribution in [0, 0.1) is 0 Å². The minimum Gasteiger partial charge on any atom is -0.508 e. The largest absolute Gasteiger partial charge is 0.508 e. The Morgan fingerprint density at radius 2 is 1.86 bits per heavy atom. The van der Waals surface area contributed by atoms with Crippen molar-refractivity contribution in [3.05, 3.63) is 83.4 Å². The van der Waals surface area contributed by atoms with Gasteiger partial charge in [0, 0.05) is 25.1 Å². The molecule has 1 aromatic heterocycles. The molecule has 2 amide bonds. The number of imide groups is 1. The van der Waals surface area contributed by atoms with E-state index in [1.165, 1.54) is 0 Å². The summed E-state index contributed by atoms with van der Waals surface area (Å²) < 4.78 is 7.02. The van der Waals surface area contributed by atoms with Gasteiger partial charge < -0.3 is 14.4 Å². The Labute approximate surface area is 161 Å². The molecule has 28 heavy (non-hydrogen) atoms. The highest BCUT2D eigenvalue weighted by atomic mass is 16.6. The fraction of sp³-hybridized carbons (Fsp3) is 0.190. The topological polar surface area (TPSA) is 93.5 Å². The molecule has 0 radical (unpaired) electrons. The quantitative estimate of drug-likeness (QED) is 0.688. The number of nitrogens with one attached hydrogen (secondary N) is 1. The number of ether oxygens (including phenoxy) is 1. The molecule has 1 atom stereocenters. The lowest BCUT2D eigenvalue weighted by Gasteiger charge is -2.13. The van der Waals surface area contributed by atoms with Gasteiger partial charge in [0.2, 0.25) is 0 Å². The lowest BCUT2D eigenvalue weighted by Crippen LogP contribution is -2.27.